The highest BCUT2D eigenvalue weighted by atomic mass is 79.9. The number of alkyl halides is 1. The molecule has 0 rings (SSSR count). The maximum atomic E-state index is 6.77. The van der Waals surface area contributed by atoms with Crippen molar-refractivity contribution in [2.75, 3.05) is 5.28 Å². The standard InChI is InChI=1S/C3H5Br/c1-2-3-4/h2H,1,3H2/i1D2,2D,3D2. The molecule has 0 unspecified atom stereocenters. The van der Waals surface area contributed by atoms with Gasteiger partial charge in [-0.3, -0.25) is 0 Å². The van der Waals surface area contributed by atoms with E-state index in [1.165, 1.54) is 0 Å². The SMILES string of the molecule is [2H]C([2H])=C([2H])C([2H])([2H])Br. The van der Waals surface area contributed by atoms with Crippen LogP contribution in [-0.2, 0) is 0 Å². The first kappa shape index (κ1) is 0.648. The van der Waals surface area contributed by atoms with Gasteiger partial charge in [0.25, 0.3) is 0 Å². The van der Waals surface area contributed by atoms with Crippen molar-refractivity contribution >= 4 is 15.9 Å². The van der Waals surface area contributed by atoms with Crippen LogP contribution in [0.2, 0.25) is 0 Å². The van der Waals surface area contributed by atoms with Gasteiger partial charge in [-0.15, -0.1) is 6.53 Å². The van der Waals surface area contributed by atoms with Crippen molar-refractivity contribution in [3.8, 4) is 0 Å². The van der Waals surface area contributed by atoms with Gasteiger partial charge in [-0.2, -0.15) is 0 Å². The molecule has 0 aliphatic heterocycles. The predicted octanol–water partition coefficient (Wildman–Crippen LogP) is 1.57. The molecule has 0 amide bonds. The summed E-state index contributed by atoms with van der Waals surface area (Å²) in [6.07, 6.45) is 0. The van der Waals surface area contributed by atoms with Crippen LogP contribution in [0.15, 0.2) is 12.6 Å². The molecule has 0 atom stereocenters. The van der Waals surface area contributed by atoms with Crippen molar-refractivity contribution in [1.82, 2.24) is 0 Å². The van der Waals surface area contributed by atoms with E-state index in [1.807, 2.05) is 0 Å². The average molecular weight is 126 g/mol. The van der Waals surface area contributed by atoms with Crippen molar-refractivity contribution in [2.45, 2.75) is 0 Å². The maximum Gasteiger partial charge on any atom is 0.0578 e. The van der Waals surface area contributed by atoms with Gasteiger partial charge < -0.3 is 0 Å². The van der Waals surface area contributed by atoms with Crippen LogP contribution in [0.3, 0.4) is 0 Å². The highest BCUT2D eigenvalue weighted by molar-refractivity contribution is 9.09. The lowest BCUT2D eigenvalue weighted by Crippen LogP contribution is -1.43. The van der Waals surface area contributed by atoms with Crippen LogP contribution in [0.25, 0.3) is 0 Å². The van der Waals surface area contributed by atoms with Crippen LogP contribution >= 0.6 is 15.9 Å². The average Bonchev–Trinajstić information content (AvgIpc) is 1.62. The molecule has 0 N–H and O–H groups in total. The van der Waals surface area contributed by atoms with E-state index in [4.69, 9.17) is 6.85 Å². The molecule has 0 saturated carbocycles. The number of hydrogen-bond acceptors (Lipinski definition) is 0. The van der Waals surface area contributed by atoms with Gasteiger partial charge in [0, 0.05) is 8.02 Å². The van der Waals surface area contributed by atoms with Gasteiger partial charge in [0.2, 0.25) is 0 Å². The minimum atomic E-state index is -2.04. The highest BCUT2D eigenvalue weighted by Gasteiger charge is 1.47. The zero-order valence-electron chi connectivity index (χ0n) is 6.88. The fraction of sp³-hybridized carbons (Fsp3) is 0.333. The third-order valence-corrected chi connectivity index (χ3v) is 0.245. The molecular formula is C3H5Br. The first-order chi connectivity index (χ1) is 3.85. The van der Waals surface area contributed by atoms with E-state index in [2.05, 4.69) is 15.9 Å². The lowest BCUT2D eigenvalue weighted by atomic mass is 10.8. The highest BCUT2D eigenvalue weighted by Crippen LogP contribution is 1.73. The Hall–Kier alpha value is 0.220. The monoisotopic (exact) mass is 125 g/mol. The Morgan fingerprint density at radius 3 is 3.75 bits per heavy atom. The minimum Gasteiger partial charge on any atom is -0.102 e. The van der Waals surface area contributed by atoms with Crippen molar-refractivity contribution in [2.24, 2.45) is 0 Å². The number of allylic oxidation sites excluding steroid dienone is 1. The summed E-state index contributed by atoms with van der Waals surface area (Å²) in [5.74, 6) is 0. The summed E-state index contributed by atoms with van der Waals surface area (Å²) in [4.78, 5) is 0. The van der Waals surface area contributed by atoms with E-state index >= 15 is 0 Å². The molecule has 4 heavy (non-hydrogen) atoms. The van der Waals surface area contributed by atoms with Crippen LogP contribution in [-0.4, -0.2) is 5.28 Å². The molecule has 0 saturated heterocycles. The Kier molecular flexibility index (Phi) is 0.521. The molecule has 0 heterocycles. The summed E-state index contributed by atoms with van der Waals surface area (Å²) < 4.78 is 33.3. The van der Waals surface area contributed by atoms with E-state index in [0.29, 0.717) is 0 Å². The van der Waals surface area contributed by atoms with E-state index < -0.39 is 17.9 Å². The van der Waals surface area contributed by atoms with Gasteiger partial charge in [-0.05, 0) is 0 Å². The van der Waals surface area contributed by atoms with Crippen LogP contribution in [0.5, 0.6) is 0 Å². The first-order valence-corrected chi connectivity index (χ1v) is 1.48. The molecule has 0 bridgehead atoms. The predicted molar refractivity (Wildman–Crippen MR) is 24.0 cm³/mol. The van der Waals surface area contributed by atoms with Crippen LogP contribution in [0.1, 0.15) is 6.85 Å². The maximum absolute atomic E-state index is 6.77. The third kappa shape index (κ3) is 2.22. The summed E-state index contributed by atoms with van der Waals surface area (Å²) in [5.41, 5.74) is 0. The van der Waals surface area contributed by atoms with Gasteiger partial charge in [0.1, 0.15) is 0 Å². The molecule has 0 fully saturated rings. The Morgan fingerprint density at radius 2 is 3.75 bits per heavy atom. The van der Waals surface area contributed by atoms with Gasteiger partial charge in [-0.25, -0.2) is 0 Å². The molecule has 0 aromatic rings. The van der Waals surface area contributed by atoms with E-state index in [-0.39, 0.29) is 0 Å². The molecular weight excluding hydrogens is 116 g/mol. The second-order valence-electron chi connectivity index (χ2n) is 0.219. The molecule has 0 aliphatic rings. The quantitative estimate of drug-likeness (QED) is 0.369. The lowest BCUT2D eigenvalue weighted by Gasteiger charge is -1.55. The van der Waals surface area contributed by atoms with Crippen molar-refractivity contribution in [3.05, 3.63) is 12.6 Å². The fourth-order valence-corrected chi connectivity index (χ4v) is 0. The van der Waals surface area contributed by atoms with Crippen molar-refractivity contribution in [1.29, 1.82) is 0 Å². The largest absolute Gasteiger partial charge is 0.102 e. The summed E-state index contributed by atoms with van der Waals surface area (Å²) >= 11 is 2.49. The van der Waals surface area contributed by atoms with Gasteiger partial charge in [0.05, 0.1) is 4.11 Å². The summed E-state index contributed by atoms with van der Waals surface area (Å²) in [6, 6.07) is -0.664. The van der Waals surface area contributed by atoms with Crippen molar-refractivity contribution < 1.29 is 6.85 Å². The normalized spacial score (nSPS) is 26.8. The zero-order valence-corrected chi connectivity index (χ0v) is 3.46. The summed E-state index contributed by atoms with van der Waals surface area (Å²) in [6.45, 7) is -0.808. The molecule has 0 spiro atoms. The van der Waals surface area contributed by atoms with Gasteiger partial charge in [-0.1, -0.05) is 22.0 Å². The van der Waals surface area contributed by atoms with Gasteiger partial charge in [0.15, 0.2) is 0 Å². The molecule has 0 nitrogen and oxygen atoms in total. The van der Waals surface area contributed by atoms with Crippen LogP contribution in [0, 0.1) is 0 Å². The molecule has 0 radical (unpaired) electrons. The van der Waals surface area contributed by atoms with Gasteiger partial charge >= 0.3 is 0 Å². The summed E-state index contributed by atoms with van der Waals surface area (Å²) in [5, 5.41) is -2.04. The molecule has 0 aliphatic carbocycles. The minimum absolute atomic E-state index is 0.664. The lowest BCUT2D eigenvalue weighted by molar-refractivity contribution is 1.87. The van der Waals surface area contributed by atoms with E-state index in [1.54, 1.807) is 0 Å². The molecule has 1 heteroatoms. The Balaban J connectivity index is 4.40. The molecule has 0 aromatic heterocycles. The Morgan fingerprint density at radius 1 is 3.00 bits per heavy atom. The second kappa shape index (κ2) is 3.22. The third-order valence-electron chi connectivity index (χ3n) is 0.0472. The molecule has 24 valence electrons. The number of halogens is 1. The topological polar surface area (TPSA) is 0 Å². The van der Waals surface area contributed by atoms with Crippen LogP contribution < -0.4 is 0 Å². The second-order valence-corrected chi connectivity index (χ2v) is 0.616. The first-order valence-electron chi connectivity index (χ1n) is 3.19. The Bertz CT molecular complexity index is 130. The van der Waals surface area contributed by atoms with E-state index in [0.717, 1.165) is 0 Å². The molecule has 0 aromatic carbocycles. The van der Waals surface area contributed by atoms with E-state index in [9.17, 15) is 0 Å². The zero-order chi connectivity index (χ0) is 7.65. The fourth-order valence-electron chi connectivity index (χ4n) is 0. The Labute approximate surface area is 41.7 Å². The smallest absolute Gasteiger partial charge is 0.0578 e. The number of rotatable bonds is 1. The summed E-state index contributed by atoms with van der Waals surface area (Å²) in [7, 11) is 0. The van der Waals surface area contributed by atoms with Crippen molar-refractivity contribution in [3.63, 3.8) is 0 Å². The number of hydrogen-bond donors (Lipinski definition) is 0. The van der Waals surface area contributed by atoms with Crippen LogP contribution in [0.4, 0.5) is 0 Å².